The number of hydrogen-bond acceptors (Lipinski definition) is 3. The van der Waals surface area contributed by atoms with Crippen LogP contribution in [0.25, 0.3) is 0 Å². The molecule has 0 spiro atoms. The molecule has 1 saturated heterocycles. The standard InChI is InChI=1S/C15H23N3O/c1-16-13-8-6-12(7-9-13)15(19)18(3)11-14-5-4-10-17(14)2/h6-9,14,16H,4-5,10-11H2,1-3H3. The van der Waals surface area contributed by atoms with Crippen LogP contribution in [-0.4, -0.2) is 56.0 Å². The number of nitrogens with one attached hydrogen (secondary N) is 1. The molecular formula is C15H23N3O. The van der Waals surface area contributed by atoms with E-state index in [-0.39, 0.29) is 5.91 Å². The lowest BCUT2D eigenvalue weighted by atomic mass is 10.1. The van der Waals surface area contributed by atoms with Crippen LogP contribution in [0.5, 0.6) is 0 Å². The SMILES string of the molecule is CNc1ccc(C(=O)N(C)CC2CCCN2C)cc1. The second-order valence-corrected chi connectivity index (χ2v) is 5.29. The van der Waals surface area contributed by atoms with Gasteiger partial charge in [0, 0.05) is 37.9 Å². The Kier molecular flexibility index (Phi) is 4.43. The average Bonchev–Trinajstić information content (AvgIpc) is 2.83. The van der Waals surface area contributed by atoms with Crippen molar-refractivity contribution in [2.24, 2.45) is 0 Å². The molecule has 19 heavy (non-hydrogen) atoms. The average molecular weight is 261 g/mol. The fourth-order valence-corrected chi connectivity index (χ4v) is 2.61. The van der Waals surface area contributed by atoms with Crippen LogP contribution in [0.3, 0.4) is 0 Å². The van der Waals surface area contributed by atoms with Crippen LogP contribution in [0.2, 0.25) is 0 Å². The number of carbonyl (C=O) groups excluding carboxylic acids is 1. The number of likely N-dealkylation sites (N-methyl/N-ethyl adjacent to an activating group) is 2. The molecule has 1 amide bonds. The first-order chi connectivity index (χ1) is 9.11. The van der Waals surface area contributed by atoms with E-state index in [4.69, 9.17) is 0 Å². The normalized spacial score (nSPS) is 19.4. The Morgan fingerprint density at radius 2 is 2.11 bits per heavy atom. The monoisotopic (exact) mass is 261 g/mol. The summed E-state index contributed by atoms with van der Waals surface area (Å²) in [5.74, 6) is 0.1000. The fraction of sp³-hybridized carbons (Fsp3) is 0.533. The van der Waals surface area contributed by atoms with Crippen molar-refractivity contribution >= 4 is 11.6 Å². The van der Waals surface area contributed by atoms with Crippen molar-refractivity contribution in [3.63, 3.8) is 0 Å². The zero-order valence-corrected chi connectivity index (χ0v) is 12.0. The van der Waals surface area contributed by atoms with Crippen LogP contribution in [0.1, 0.15) is 23.2 Å². The maximum absolute atomic E-state index is 12.3. The van der Waals surface area contributed by atoms with E-state index in [2.05, 4.69) is 17.3 Å². The highest BCUT2D eigenvalue weighted by Gasteiger charge is 2.24. The van der Waals surface area contributed by atoms with Crippen molar-refractivity contribution < 1.29 is 4.79 Å². The van der Waals surface area contributed by atoms with Crippen LogP contribution < -0.4 is 5.32 Å². The van der Waals surface area contributed by atoms with Crippen molar-refractivity contribution in [1.29, 1.82) is 0 Å². The minimum absolute atomic E-state index is 0.1000. The molecule has 0 aliphatic carbocycles. The largest absolute Gasteiger partial charge is 0.388 e. The third kappa shape index (κ3) is 3.26. The van der Waals surface area contributed by atoms with E-state index >= 15 is 0 Å². The molecule has 104 valence electrons. The Morgan fingerprint density at radius 1 is 1.42 bits per heavy atom. The first-order valence-electron chi connectivity index (χ1n) is 6.85. The number of benzene rings is 1. The van der Waals surface area contributed by atoms with Crippen LogP contribution in [0, 0.1) is 0 Å². The maximum atomic E-state index is 12.3. The van der Waals surface area contributed by atoms with E-state index in [1.165, 1.54) is 12.8 Å². The van der Waals surface area contributed by atoms with Gasteiger partial charge in [0.15, 0.2) is 0 Å². The molecule has 0 radical (unpaired) electrons. The summed E-state index contributed by atoms with van der Waals surface area (Å²) in [5, 5.41) is 3.06. The summed E-state index contributed by atoms with van der Waals surface area (Å²) in [6.45, 7) is 1.95. The minimum Gasteiger partial charge on any atom is -0.388 e. The zero-order valence-electron chi connectivity index (χ0n) is 12.0. The molecule has 1 aliphatic rings. The summed E-state index contributed by atoms with van der Waals surface area (Å²) in [6, 6.07) is 8.13. The molecule has 1 aromatic carbocycles. The molecule has 0 aromatic heterocycles. The summed E-state index contributed by atoms with van der Waals surface area (Å²) < 4.78 is 0. The fourth-order valence-electron chi connectivity index (χ4n) is 2.61. The summed E-state index contributed by atoms with van der Waals surface area (Å²) >= 11 is 0. The van der Waals surface area contributed by atoms with E-state index in [9.17, 15) is 4.79 Å². The molecule has 4 nitrogen and oxygen atoms in total. The number of rotatable bonds is 4. The smallest absolute Gasteiger partial charge is 0.253 e. The summed E-state index contributed by atoms with van der Waals surface area (Å²) in [7, 11) is 5.90. The van der Waals surface area contributed by atoms with Gasteiger partial charge >= 0.3 is 0 Å². The Balaban J connectivity index is 1.97. The zero-order chi connectivity index (χ0) is 13.8. The van der Waals surface area contributed by atoms with Gasteiger partial charge in [0.25, 0.3) is 5.91 Å². The molecule has 0 saturated carbocycles. The molecule has 1 atom stereocenters. The van der Waals surface area contributed by atoms with Gasteiger partial charge in [0.2, 0.25) is 0 Å². The van der Waals surface area contributed by atoms with Crippen LogP contribution in [0.4, 0.5) is 5.69 Å². The summed E-state index contributed by atoms with van der Waals surface area (Å²) in [4.78, 5) is 16.5. The predicted octanol–water partition coefficient (Wildman–Crippen LogP) is 1.89. The Bertz CT molecular complexity index is 430. The molecular weight excluding hydrogens is 238 g/mol. The van der Waals surface area contributed by atoms with Gasteiger partial charge in [-0.1, -0.05) is 0 Å². The summed E-state index contributed by atoms with van der Waals surface area (Å²) in [5.41, 5.74) is 1.77. The molecule has 1 fully saturated rings. The lowest BCUT2D eigenvalue weighted by molar-refractivity contribution is 0.0761. The second-order valence-electron chi connectivity index (χ2n) is 5.29. The maximum Gasteiger partial charge on any atom is 0.253 e. The lowest BCUT2D eigenvalue weighted by Gasteiger charge is -2.26. The Morgan fingerprint density at radius 3 is 2.63 bits per heavy atom. The molecule has 2 rings (SSSR count). The highest BCUT2D eigenvalue weighted by atomic mass is 16.2. The van der Waals surface area contributed by atoms with Crippen molar-refractivity contribution in [3.05, 3.63) is 29.8 Å². The van der Waals surface area contributed by atoms with Gasteiger partial charge in [0.1, 0.15) is 0 Å². The van der Waals surface area contributed by atoms with Gasteiger partial charge in [-0.15, -0.1) is 0 Å². The third-order valence-electron chi connectivity index (χ3n) is 3.92. The van der Waals surface area contributed by atoms with Crippen molar-refractivity contribution in [3.8, 4) is 0 Å². The Labute approximate surface area is 115 Å². The van der Waals surface area contributed by atoms with Gasteiger partial charge in [0.05, 0.1) is 0 Å². The molecule has 1 aromatic rings. The molecule has 1 unspecified atom stereocenters. The van der Waals surface area contributed by atoms with E-state index in [0.29, 0.717) is 6.04 Å². The van der Waals surface area contributed by atoms with Crippen LogP contribution in [-0.2, 0) is 0 Å². The summed E-state index contributed by atoms with van der Waals surface area (Å²) in [6.07, 6.45) is 2.42. The first kappa shape index (κ1) is 13.9. The number of likely N-dealkylation sites (tertiary alicyclic amines) is 1. The quantitative estimate of drug-likeness (QED) is 0.899. The highest BCUT2D eigenvalue weighted by Crippen LogP contribution is 2.17. The van der Waals surface area contributed by atoms with Crippen LogP contribution >= 0.6 is 0 Å². The van der Waals surface area contributed by atoms with Gasteiger partial charge in [-0.05, 0) is 50.7 Å². The van der Waals surface area contributed by atoms with Crippen molar-refractivity contribution in [1.82, 2.24) is 9.80 Å². The van der Waals surface area contributed by atoms with Gasteiger partial charge in [-0.3, -0.25) is 4.79 Å². The van der Waals surface area contributed by atoms with Gasteiger partial charge < -0.3 is 15.1 Å². The van der Waals surface area contributed by atoms with Gasteiger partial charge in [-0.25, -0.2) is 0 Å². The first-order valence-corrected chi connectivity index (χ1v) is 6.85. The minimum atomic E-state index is 0.1000. The molecule has 0 bridgehead atoms. The van der Waals surface area contributed by atoms with Gasteiger partial charge in [-0.2, -0.15) is 0 Å². The number of amides is 1. The van der Waals surface area contributed by atoms with E-state index in [1.54, 1.807) is 0 Å². The number of hydrogen-bond donors (Lipinski definition) is 1. The molecule has 4 heteroatoms. The highest BCUT2D eigenvalue weighted by molar-refractivity contribution is 5.94. The number of carbonyl (C=O) groups is 1. The molecule has 1 N–H and O–H groups in total. The lowest BCUT2D eigenvalue weighted by Crippen LogP contribution is -2.39. The molecule has 1 aliphatic heterocycles. The topological polar surface area (TPSA) is 35.6 Å². The van der Waals surface area contributed by atoms with Crippen molar-refractivity contribution in [2.75, 3.05) is 39.5 Å². The second kappa shape index (κ2) is 6.06. The van der Waals surface area contributed by atoms with E-state index < -0.39 is 0 Å². The number of nitrogens with zero attached hydrogens (tertiary/aromatic N) is 2. The number of anilines is 1. The van der Waals surface area contributed by atoms with Crippen molar-refractivity contribution in [2.45, 2.75) is 18.9 Å². The predicted molar refractivity (Wildman–Crippen MR) is 78.6 cm³/mol. The third-order valence-corrected chi connectivity index (χ3v) is 3.92. The molecule has 1 heterocycles. The van der Waals surface area contributed by atoms with Crippen LogP contribution in [0.15, 0.2) is 24.3 Å². The Hall–Kier alpha value is -1.55. The van der Waals surface area contributed by atoms with E-state index in [0.717, 1.165) is 24.3 Å². The van der Waals surface area contributed by atoms with E-state index in [1.807, 2.05) is 43.3 Å².